The lowest BCUT2D eigenvalue weighted by Crippen LogP contribution is -2.24. The zero-order chi connectivity index (χ0) is 25.2. The number of carbonyl (C=O) groups excluding carboxylic acids is 1. The van der Waals surface area contributed by atoms with Crippen LogP contribution >= 0.6 is 11.6 Å². The number of aromatic nitrogens is 3. The van der Waals surface area contributed by atoms with Gasteiger partial charge in [0.1, 0.15) is 16.7 Å². The molecule has 1 amide bonds. The van der Waals surface area contributed by atoms with E-state index < -0.39 is 11.9 Å². The number of H-pyrrole nitrogens is 1. The molecular formula is C28H25ClN4O3. The van der Waals surface area contributed by atoms with Gasteiger partial charge in [-0.15, -0.1) is 0 Å². The first-order chi connectivity index (χ1) is 17.4. The highest BCUT2D eigenvalue weighted by Gasteiger charge is 2.30. The van der Waals surface area contributed by atoms with E-state index in [0.717, 1.165) is 27.9 Å². The van der Waals surface area contributed by atoms with Crippen LogP contribution in [0, 0.1) is 5.92 Å². The summed E-state index contributed by atoms with van der Waals surface area (Å²) in [5.74, 6) is -1.17. The summed E-state index contributed by atoms with van der Waals surface area (Å²) in [7, 11) is 0. The first kappa shape index (κ1) is 23.8. The minimum absolute atomic E-state index is 0.208. The third-order valence-electron chi connectivity index (χ3n) is 6.81. The van der Waals surface area contributed by atoms with Crippen LogP contribution < -0.4 is 5.73 Å². The summed E-state index contributed by atoms with van der Waals surface area (Å²) in [6, 6.07) is 18.9. The monoisotopic (exact) mass is 500 g/mol. The summed E-state index contributed by atoms with van der Waals surface area (Å²) in [6.07, 6.45) is 4.13. The fourth-order valence-electron chi connectivity index (χ4n) is 4.92. The molecule has 0 saturated carbocycles. The second-order valence-electron chi connectivity index (χ2n) is 9.08. The molecule has 1 unspecified atom stereocenters. The van der Waals surface area contributed by atoms with Crippen LogP contribution in [0.25, 0.3) is 11.3 Å². The molecule has 0 saturated heterocycles. The van der Waals surface area contributed by atoms with Gasteiger partial charge in [-0.2, -0.15) is 0 Å². The number of hydrogen-bond donors (Lipinski definition) is 3. The van der Waals surface area contributed by atoms with Crippen molar-refractivity contribution in [2.75, 3.05) is 0 Å². The van der Waals surface area contributed by atoms with Crippen molar-refractivity contribution >= 4 is 23.5 Å². The van der Waals surface area contributed by atoms with Crippen LogP contribution in [0.4, 0.5) is 0 Å². The molecule has 4 N–H and O–H groups in total. The number of nitrogens with two attached hydrogens (primary N) is 1. The number of hydrogen-bond acceptors (Lipinski definition) is 4. The van der Waals surface area contributed by atoms with Crippen LogP contribution in [0.15, 0.2) is 66.9 Å². The number of carbonyl (C=O) groups is 2. The Bertz CT molecular complexity index is 1420. The van der Waals surface area contributed by atoms with Gasteiger partial charge in [0.2, 0.25) is 5.91 Å². The topological polar surface area (TPSA) is 122 Å². The number of aromatic amines is 1. The number of rotatable bonds is 7. The lowest BCUT2D eigenvalue weighted by Gasteiger charge is -2.26. The zero-order valence-corrected chi connectivity index (χ0v) is 20.2. The van der Waals surface area contributed by atoms with Gasteiger partial charge in [-0.25, -0.2) is 4.98 Å². The van der Waals surface area contributed by atoms with Crippen molar-refractivity contribution in [2.24, 2.45) is 11.7 Å². The zero-order valence-electron chi connectivity index (χ0n) is 19.4. The SMILES string of the molecule is NC(=O)c1ccc(-c2nc([C@@H](Cc3ccccc3)c3nccc4c3CCC(C(=O)O)C4)[nH]c2Cl)cc1. The molecule has 2 aromatic heterocycles. The maximum atomic E-state index is 11.6. The van der Waals surface area contributed by atoms with Crippen LogP contribution in [0.2, 0.25) is 5.15 Å². The van der Waals surface area contributed by atoms with Gasteiger partial charge in [0, 0.05) is 17.3 Å². The molecule has 0 fully saturated rings. The van der Waals surface area contributed by atoms with Gasteiger partial charge in [-0.1, -0.05) is 54.1 Å². The Balaban J connectivity index is 1.57. The van der Waals surface area contributed by atoms with Crippen LogP contribution in [-0.2, 0) is 24.1 Å². The quantitative estimate of drug-likeness (QED) is 0.337. The molecule has 0 spiro atoms. The predicted molar refractivity (Wildman–Crippen MR) is 137 cm³/mol. The molecule has 0 aliphatic heterocycles. The molecule has 5 rings (SSSR count). The van der Waals surface area contributed by atoms with Crippen molar-refractivity contribution < 1.29 is 14.7 Å². The van der Waals surface area contributed by atoms with Crippen molar-refractivity contribution in [3.63, 3.8) is 0 Å². The first-order valence-corrected chi connectivity index (χ1v) is 12.2. The van der Waals surface area contributed by atoms with Crippen molar-refractivity contribution in [2.45, 2.75) is 31.6 Å². The normalized spacial score (nSPS) is 15.8. The summed E-state index contributed by atoms with van der Waals surface area (Å²) < 4.78 is 0. The van der Waals surface area contributed by atoms with Gasteiger partial charge in [-0.05, 0) is 60.6 Å². The molecule has 4 aromatic rings. The van der Waals surface area contributed by atoms with Gasteiger partial charge < -0.3 is 15.8 Å². The Morgan fingerprint density at radius 3 is 2.56 bits per heavy atom. The van der Waals surface area contributed by atoms with Crippen molar-refractivity contribution in [3.05, 3.63) is 106 Å². The minimum atomic E-state index is -0.760. The Hall–Kier alpha value is -3.97. The Kier molecular flexibility index (Phi) is 6.57. The standard InChI is InChI=1S/C28H25ClN4O3/c29-25-23(17-6-8-18(9-7-17)26(30)34)32-27(33-25)22(14-16-4-2-1-3-5-16)24-21-11-10-20(28(35)36)15-19(21)12-13-31-24/h1-9,12-13,20,22H,10-11,14-15H2,(H2,30,34)(H,32,33)(H,35,36)/t20?,22-/m0/s1. The van der Waals surface area contributed by atoms with E-state index in [-0.39, 0.29) is 11.8 Å². The maximum Gasteiger partial charge on any atom is 0.306 e. The summed E-state index contributed by atoms with van der Waals surface area (Å²) >= 11 is 6.62. The van der Waals surface area contributed by atoms with E-state index in [1.54, 1.807) is 30.5 Å². The Morgan fingerprint density at radius 2 is 1.86 bits per heavy atom. The molecule has 36 heavy (non-hydrogen) atoms. The number of benzene rings is 2. The van der Waals surface area contributed by atoms with Crippen molar-refractivity contribution in [1.82, 2.24) is 15.0 Å². The fourth-order valence-corrected chi connectivity index (χ4v) is 5.17. The van der Waals surface area contributed by atoms with Gasteiger partial charge in [-0.3, -0.25) is 14.6 Å². The van der Waals surface area contributed by atoms with Crippen molar-refractivity contribution in [1.29, 1.82) is 0 Å². The number of nitrogens with zero attached hydrogens (tertiary/aromatic N) is 2. The molecule has 7 nitrogen and oxygen atoms in total. The average Bonchev–Trinajstić information content (AvgIpc) is 3.28. The number of imidazole rings is 1. The number of primary amides is 1. The Labute approximate surface area is 213 Å². The third-order valence-corrected chi connectivity index (χ3v) is 7.08. The molecule has 0 radical (unpaired) electrons. The number of fused-ring (bicyclic) bond motifs is 1. The summed E-state index contributed by atoms with van der Waals surface area (Å²) in [6.45, 7) is 0. The lowest BCUT2D eigenvalue weighted by molar-refractivity contribution is -0.142. The van der Waals surface area contributed by atoms with Gasteiger partial charge in [0.05, 0.1) is 17.5 Å². The number of carboxylic acid groups (broad SMARTS) is 1. The third kappa shape index (κ3) is 4.75. The molecular weight excluding hydrogens is 476 g/mol. The summed E-state index contributed by atoms with van der Waals surface area (Å²) in [4.78, 5) is 36.0. The molecule has 8 heteroatoms. The van der Waals surface area contributed by atoms with E-state index in [9.17, 15) is 14.7 Å². The summed E-state index contributed by atoms with van der Waals surface area (Å²) in [5.41, 5.74) is 11.3. The van der Waals surface area contributed by atoms with E-state index >= 15 is 0 Å². The van der Waals surface area contributed by atoms with Gasteiger partial charge >= 0.3 is 5.97 Å². The van der Waals surface area contributed by atoms with Crippen molar-refractivity contribution in [3.8, 4) is 11.3 Å². The Morgan fingerprint density at radius 1 is 1.11 bits per heavy atom. The number of pyridine rings is 1. The van der Waals surface area contributed by atoms with Crippen LogP contribution in [0.3, 0.4) is 0 Å². The van der Waals surface area contributed by atoms with E-state index in [4.69, 9.17) is 27.3 Å². The molecule has 1 aliphatic carbocycles. The van der Waals surface area contributed by atoms with E-state index in [1.807, 2.05) is 24.3 Å². The second-order valence-corrected chi connectivity index (χ2v) is 9.46. The second kappa shape index (κ2) is 9.95. The smallest absolute Gasteiger partial charge is 0.306 e. The fraction of sp³-hybridized carbons (Fsp3) is 0.214. The number of amides is 1. The lowest BCUT2D eigenvalue weighted by atomic mass is 9.80. The van der Waals surface area contributed by atoms with Crippen LogP contribution in [0.5, 0.6) is 0 Å². The first-order valence-electron chi connectivity index (χ1n) is 11.8. The van der Waals surface area contributed by atoms with Gasteiger partial charge in [0.25, 0.3) is 0 Å². The average molecular weight is 501 g/mol. The molecule has 2 aromatic carbocycles. The van der Waals surface area contributed by atoms with E-state index in [0.29, 0.717) is 47.9 Å². The minimum Gasteiger partial charge on any atom is -0.481 e. The highest BCUT2D eigenvalue weighted by molar-refractivity contribution is 6.31. The summed E-state index contributed by atoms with van der Waals surface area (Å²) in [5, 5.41) is 9.93. The van der Waals surface area contributed by atoms with Gasteiger partial charge in [0.15, 0.2) is 0 Å². The number of carboxylic acids is 1. The molecule has 2 atom stereocenters. The van der Waals surface area contributed by atoms with E-state index in [1.165, 1.54) is 0 Å². The molecule has 182 valence electrons. The van der Waals surface area contributed by atoms with Crippen LogP contribution in [-0.4, -0.2) is 31.9 Å². The highest BCUT2D eigenvalue weighted by atomic mass is 35.5. The number of nitrogens with one attached hydrogen (secondary N) is 1. The largest absolute Gasteiger partial charge is 0.481 e. The maximum absolute atomic E-state index is 11.6. The highest BCUT2D eigenvalue weighted by Crippen LogP contribution is 2.36. The van der Waals surface area contributed by atoms with Crippen LogP contribution in [0.1, 0.15) is 50.9 Å². The van der Waals surface area contributed by atoms with E-state index in [2.05, 4.69) is 17.1 Å². The number of aliphatic carboxylic acids is 1. The molecule has 2 heterocycles. The predicted octanol–water partition coefficient (Wildman–Crippen LogP) is 4.79. The molecule has 1 aliphatic rings. The molecule has 0 bridgehead atoms. The number of halogens is 1.